The van der Waals surface area contributed by atoms with E-state index < -0.39 is 0 Å². The molecule has 2 atom stereocenters. The summed E-state index contributed by atoms with van der Waals surface area (Å²) in [5.74, 6) is 0. The number of rotatable bonds is 2. The Morgan fingerprint density at radius 1 is 1.35 bits per heavy atom. The van der Waals surface area contributed by atoms with Crippen molar-refractivity contribution >= 4 is 11.7 Å². The molecular formula is C15H17N3O2. The number of fused-ring (bicyclic) bond motifs is 2. The van der Waals surface area contributed by atoms with Crippen molar-refractivity contribution in [3.63, 3.8) is 0 Å². The van der Waals surface area contributed by atoms with Gasteiger partial charge in [-0.3, -0.25) is 4.90 Å². The van der Waals surface area contributed by atoms with Crippen molar-refractivity contribution in [2.45, 2.75) is 37.8 Å². The van der Waals surface area contributed by atoms with Gasteiger partial charge in [0, 0.05) is 24.0 Å². The topological polar surface area (TPSA) is 55.3 Å². The fourth-order valence-corrected chi connectivity index (χ4v) is 3.21. The molecule has 3 heterocycles. The van der Waals surface area contributed by atoms with Gasteiger partial charge in [-0.15, -0.1) is 0 Å². The summed E-state index contributed by atoms with van der Waals surface area (Å²) in [4.78, 5) is 22.2. The number of aromatic nitrogens is 2. The number of ether oxygens (including phenoxy) is 1. The predicted octanol–water partition coefficient (Wildman–Crippen LogP) is 2.77. The third-order valence-electron chi connectivity index (χ3n) is 4.01. The van der Waals surface area contributed by atoms with Crippen molar-refractivity contribution < 1.29 is 9.53 Å². The van der Waals surface area contributed by atoms with Crippen LogP contribution in [0.3, 0.4) is 0 Å². The van der Waals surface area contributed by atoms with E-state index in [1.165, 1.54) is 12.6 Å². The van der Waals surface area contributed by atoms with E-state index in [0.717, 1.165) is 36.8 Å². The van der Waals surface area contributed by atoms with Crippen molar-refractivity contribution in [2.75, 3.05) is 0 Å². The highest BCUT2D eigenvalue weighted by Crippen LogP contribution is 2.38. The molecule has 3 rings (SSSR count). The SMILES string of the molecule is C=COC(=O)N1C2CCC=C(c3cncnc3)C1CC2. The normalized spacial score (nSPS) is 24.8. The Morgan fingerprint density at radius 2 is 2.15 bits per heavy atom. The lowest BCUT2D eigenvalue weighted by Gasteiger charge is -2.28. The van der Waals surface area contributed by atoms with Crippen molar-refractivity contribution in [1.82, 2.24) is 14.9 Å². The van der Waals surface area contributed by atoms with Gasteiger partial charge < -0.3 is 4.74 Å². The maximum Gasteiger partial charge on any atom is 0.415 e. The quantitative estimate of drug-likeness (QED) is 0.776. The van der Waals surface area contributed by atoms with Crippen molar-refractivity contribution in [2.24, 2.45) is 0 Å². The molecule has 1 aromatic rings. The fraction of sp³-hybridized carbons (Fsp3) is 0.400. The third-order valence-corrected chi connectivity index (χ3v) is 4.01. The first-order valence-corrected chi connectivity index (χ1v) is 6.86. The minimum absolute atomic E-state index is 0.0564. The highest BCUT2D eigenvalue weighted by atomic mass is 16.5. The average Bonchev–Trinajstić information content (AvgIpc) is 2.77. The van der Waals surface area contributed by atoms with Crippen LogP contribution in [0.1, 0.15) is 31.2 Å². The molecule has 0 radical (unpaired) electrons. The van der Waals surface area contributed by atoms with Gasteiger partial charge in [-0.1, -0.05) is 12.7 Å². The van der Waals surface area contributed by atoms with Crippen molar-refractivity contribution in [1.29, 1.82) is 0 Å². The van der Waals surface area contributed by atoms with E-state index >= 15 is 0 Å². The lowest BCUT2D eigenvalue weighted by molar-refractivity contribution is 0.123. The molecule has 0 spiro atoms. The summed E-state index contributed by atoms with van der Waals surface area (Å²) in [6, 6.07) is 0.312. The third kappa shape index (κ3) is 2.19. The molecule has 0 saturated carbocycles. The molecule has 2 aliphatic rings. The summed E-state index contributed by atoms with van der Waals surface area (Å²) in [5.41, 5.74) is 2.11. The molecule has 1 aromatic heterocycles. The first kappa shape index (κ1) is 12.8. The van der Waals surface area contributed by atoms with Crippen LogP contribution >= 0.6 is 0 Å². The molecule has 2 aliphatic heterocycles. The molecule has 5 nitrogen and oxygen atoms in total. The number of nitrogens with zero attached hydrogens (tertiary/aromatic N) is 3. The van der Waals surface area contributed by atoms with Gasteiger partial charge >= 0.3 is 6.09 Å². The van der Waals surface area contributed by atoms with Crippen molar-refractivity contribution in [3.05, 3.63) is 43.2 Å². The second kappa shape index (κ2) is 5.45. The Bertz CT molecular complexity index is 541. The highest BCUT2D eigenvalue weighted by Gasteiger charge is 2.41. The van der Waals surface area contributed by atoms with Gasteiger partial charge in [-0.05, 0) is 31.3 Å². The van der Waals surface area contributed by atoms with Crippen LogP contribution in [0.2, 0.25) is 0 Å². The first-order valence-electron chi connectivity index (χ1n) is 6.86. The Labute approximate surface area is 118 Å². The fourth-order valence-electron chi connectivity index (χ4n) is 3.21. The molecule has 2 unspecified atom stereocenters. The largest absolute Gasteiger partial charge is 0.419 e. The highest BCUT2D eigenvalue weighted by molar-refractivity contribution is 5.77. The van der Waals surface area contributed by atoms with Crippen LogP contribution in [-0.2, 0) is 4.74 Å². The molecule has 2 bridgehead atoms. The van der Waals surface area contributed by atoms with E-state index in [2.05, 4.69) is 22.6 Å². The molecule has 5 heteroatoms. The zero-order chi connectivity index (χ0) is 13.9. The van der Waals surface area contributed by atoms with Gasteiger partial charge in [0.1, 0.15) is 6.33 Å². The lowest BCUT2D eigenvalue weighted by atomic mass is 9.96. The molecule has 0 aromatic carbocycles. The summed E-state index contributed by atoms with van der Waals surface area (Å²) in [6.45, 7) is 3.46. The Hall–Kier alpha value is -2.17. The zero-order valence-electron chi connectivity index (χ0n) is 11.2. The van der Waals surface area contributed by atoms with E-state index in [0.29, 0.717) is 0 Å². The molecule has 20 heavy (non-hydrogen) atoms. The Morgan fingerprint density at radius 3 is 2.90 bits per heavy atom. The van der Waals surface area contributed by atoms with E-state index in [9.17, 15) is 4.79 Å². The van der Waals surface area contributed by atoms with Gasteiger partial charge in [-0.25, -0.2) is 14.8 Å². The molecule has 1 fully saturated rings. The Kier molecular flexibility index (Phi) is 3.50. The van der Waals surface area contributed by atoms with Crippen LogP contribution in [0.4, 0.5) is 4.79 Å². The lowest BCUT2D eigenvalue weighted by Crippen LogP contribution is -2.40. The summed E-state index contributed by atoms with van der Waals surface area (Å²) < 4.78 is 4.99. The van der Waals surface area contributed by atoms with Crippen LogP contribution in [0.25, 0.3) is 5.57 Å². The van der Waals surface area contributed by atoms with Crippen LogP contribution in [0.5, 0.6) is 0 Å². The summed E-state index contributed by atoms with van der Waals surface area (Å²) in [5, 5.41) is 0. The summed E-state index contributed by atoms with van der Waals surface area (Å²) >= 11 is 0. The van der Waals surface area contributed by atoms with E-state index in [4.69, 9.17) is 4.74 Å². The number of amides is 1. The predicted molar refractivity (Wildman–Crippen MR) is 74.6 cm³/mol. The first-order chi connectivity index (χ1) is 9.81. The maximum absolute atomic E-state index is 12.2. The number of hydrogen-bond donors (Lipinski definition) is 0. The Balaban J connectivity index is 1.94. The molecule has 1 amide bonds. The summed E-state index contributed by atoms with van der Waals surface area (Å²) in [6.07, 6.45) is 12.1. The monoisotopic (exact) mass is 271 g/mol. The molecular weight excluding hydrogens is 254 g/mol. The standard InChI is InChI=1S/C15H17N3O2/c1-2-20-15(19)18-12-4-3-5-13(14(18)7-6-12)11-8-16-10-17-9-11/h2,5,8-10,12,14H,1,3-4,6-7H2. The minimum Gasteiger partial charge on any atom is -0.419 e. The van der Waals surface area contributed by atoms with Gasteiger partial charge in [0.25, 0.3) is 0 Å². The zero-order valence-corrected chi connectivity index (χ0v) is 11.2. The van der Waals surface area contributed by atoms with E-state index in [-0.39, 0.29) is 18.2 Å². The number of allylic oxidation sites excluding steroid dienone is 1. The van der Waals surface area contributed by atoms with Gasteiger partial charge in [0.05, 0.1) is 12.3 Å². The van der Waals surface area contributed by atoms with Gasteiger partial charge in [0.15, 0.2) is 0 Å². The molecule has 104 valence electrons. The minimum atomic E-state index is -0.308. The smallest absolute Gasteiger partial charge is 0.415 e. The van der Waals surface area contributed by atoms with E-state index in [1.807, 2.05) is 4.90 Å². The molecule has 0 N–H and O–H groups in total. The van der Waals surface area contributed by atoms with Crippen molar-refractivity contribution in [3.8, 4) is 0 Å². The number of carbonyl (C=O) groups is 1. The number of carbonyl (C=O) groups excluding carboxylic acids is 1. The second-order valence-electron chi connectivity index (χ2n) is 5.07. The summed E-state index contributed by atoms with van der Waals surface area (Å²) in [7, 11) is 0. The molecule has 1 saturated heterocycles. The van der Waals surface area contributed by atoms with E-state index in [1.54, 1.807) is 12.4 Å². The maximum atomic E-state index is 12.2. The average molecular weight is 271 g/mol. The van der Waals surface area contributed by atoms with Gasteiger partial charge in [-0.2, -0.15) is 0 Å². The van der Waals surface area contributed by atoms with Crippen LogP contribution in [-0.4, -0.2) is 33.0 Å². The second-order valence-corrected chi connectivity index (χ2v) is 5.07. The molecule has 0 aliphatic carbocycles. The number of hydrogen-bond acceptors (Lipinski definition) is 4. The van der Waals surface area contributed by atoms with Crippen LogP contribution < -0.4 is 0 Å². The van der Waals surface area contributed by atoms with Gasteiger partial charge in [0.2, 0.25) is 0 Å². The van der Waals surface area contributed by atoms with Crippen LogP contribution in [0, 0.1) is 0 Å². The van der Waals surface area contributed by atoms with Crippen LogP contribution in [0.15, 0.2) is 37.6 Å².